The van der Waals surface area contributed by atoms with Crippen LogP contribution in [0.1, 0.15) is 16.1 Å². The molecule has 2 rings (SSSR count). The number of aryl methyl sites for hydroxylation is 1. The molecule has 0 spiro atoms. The molecule has 19 heavy (non-hydrogen) atoms. The molecule has 100 valence electrons. The number of ether oxygens (including phenoxy) is 1. The fourth-order valence-corrected chi connectivity index (χ4v) is 2.08. The van der Waals surface area contributed by atoms with E-state index in [1.54, 1.807) is 12.3 Å². The number of thiophene rings is 1. The monoisotopic (exact) mass is 281 g/mol. The molecule has 0 aliphatic heterocycles. The van der Waals surface area contributed by atoms with Crippen molar-refractivity contribution in [2.75, 3.05) is 17.7 Å². The Morgan fingerprint density at radius 2 is 2.21 bits per heavy atom. The molecule has 0 bridgehead atoms. The SMILES string of the molecule is COC(=O)c1csc(NC(=O)Nc2cnoc2C)c1. The van der Waals surface area contributed by atoms with Gasteiger partial charge in [0, 0.05) is 5.38 Å². The summed E-state index contributed by atoms with van der Waals surface area (Å²) in [5.74, 6) is 0.0659. The van der Waals surface area contributed by atoms with Crippen molar-refractivity contribution in [1.29, 1.82) is 0 Å². The molecule has 2 aromatic rings. The van der Waals surface area contributed by atoms with E-state index < -0.39 is 12.0 Å². The van der Waals surface area contributed by atoms with Crippen LogP contribution < -0.4 is 10.6 Å². The average Bonchev–Trinajstić information content (AvgIpc) is 2.99. The first-order valence-corrected chi connectivity index (χ1v) is 6.14. The Labute approximate surface area is 112 Å². The van der Waals surface area contributed by atoms with Crippen LogP contribution in [0.5, 0.6) is 0 Å². The van der Waals surface area contributed by atoms with Gasteiger partial charge in [0.15, 0.2) is 5.76 Å². The van der Waals surface area contributed by atoms with E-state index in [2.05, 4.69) is 20.5 Å². The second-order valence-electron chi connectivity index (χ2n) is 3.57. The standard InChI is InChI=1S/C11H11N3O4S/c1-6-8(4-12-18-6)13-11(16)14-9-3-7(5-19-9)10(15)17-2/h3-5H,1-2H3,(H2,13,14,16). The second kappa shape index (κ2) is 5.53. The molecule has 0 saturated carbocycles. The quantitative estimate of drug-likeness (QED) is 0.843. The van der Waals surface area contributed by atoms with Gasteiger partial charge in [-0.05, 0) is 13.0 Å². The van der Waals surface area contributed by atoms with Crippen molar-refractivity contribution in [1.82, 2.24) is 5.16 Å². The molecule has 0 aliphatic carbocycles. The van der Waals surface area contributed by atoms with E-state index in [-0.39, 0.29) is 0 Å². The number of nitrogens with zero attached hydrogens (tertiary/aromatic N) is 1. The zero-order valence-corrected chi connectivity index (χ0v) is 11.0. The molecule has 0 aliphatic rings. The Kier molecular flexibility index (Phi) is 3.81. The number of rotatable bonds is 3. The maximum atomic E-state index is 11.7. The first kappa shape index (κ1) is 13.1. The van der Waals surface area contributed by atoms with E-state index in [0.29, 0.717) is 22.0 Å². The van der Waals surface area contributed by atoms with Gasteiger partial charge in [-0.25, -0.2) is 9.59 Å². The molecule has 0 aromatic carbocycles. The smallest absolute Gasteiger partial charge is 0.338 e. The van der Waals surface area contributed by atoms with E-state index in [0.717, 1.165) is 0 Å². The molecule has 2 aromatic heterocycles. The molecule has 2 heterocycles. The number of methoxy groups -OCH3 is 1. The molecule has 0 fully saturated rings. The van der Waals surface area contributed by atoms with Crippen molar-refractivity contribution in [3.05, 3.63) is 29.0 Å². The molecule has 0 radical (unpaired) electrons. The average molecular weight is 281 g/mol. The molecule has 0 unspecified atom stereocenters. The fraction of sp³-hybridized carbons (Fsp3) is 0.182. The van der Waals surface area contributed by atoms with Gasteiger partial charge in [0.2, 0.25) is 0 Å². The van der Waals surface area contributed by atoms with E-state index in [4.69, 9.17) is 4.52 Å². The van der Waals surface area contributed by atoms with Gasteiger partial charge in [-0.2, -0.15) is 0 Å². The summed E-state index contributed by atoms with van der Waals surface area (Å²) >= 11 is 1.23. The van der Waals surface area contributed by atoms with Crippen LogP contribution in [0.25, 0.3) is 0 Å². The van der Waals surface area contributed by atoms with Gasteiger partial charge in [-0.3, -0.25) is 5.32 Å². The van der Waals surface area contributed by atoms with Crippen molar-refractivity contribution in [3.8, 4) is 0 Å². The number of carbonyl (C=O) groups is 2. The van der Waals surface area contributed by atoms with Gasteiger partial charge >= 0.3 is 12.0 Å². The van der Waals surface area contributed by atoms with Crippen LogP contribution in [0.2, 0.25) is 0 Å². The van der Waals surface area contributed by atoms with Crippen LogP contribution >= 0.6 is 11.3 Å². The van der Waals surface area contributed by atoms with Crippen molar-refractivity contribution >= 4 is 34.0 Å². The summed E-state index contributed by atoms with van der Waals surface area (Å²) in [5.41, 5.74) is 0.881. The van der Waals surface area contributed by atoms with Crippen molar-refractivity contribution in [2.24, 2.45) is 0 Å². The number of amides is 2. The van der Waals surface area contributed by atoms with Crippen molar-refractivity contribution in [2.45, 2.75) is 6.92 Å². The molecule has 2 N–H and O–H groups in total. The predicted octanol–water partition coefficient (Wildman–Crippen LogP) is 2.48. The third-order valence-electron chi connectivity index (χ3n) is 2.26. The lowest BCUT2D eigenvalue weighted by Crippen LogP contribution is -2.18. The minimum absolute atomic E-state index is 0.393. The summed E-state index contributed by atoms with van der Waals surface area (Å²) in [4.78, 5) is 22.9. The number of hydrogen-bond acceptors (Lipinski definition) is 6. The van der Waals surface area contributed by atoms with E-state index in [9.17, 15) is 9.59 Å². The summed E-state index contributed by atoms with van der Waals surface area (Å²) in [6.07, 6.45) is 1.41. The molecule has 2 amide bonds. The maximum absolute atomic E-state index is 11.7. The maximum Gasteiger partial charge on any atom is 0.338 e. The van der Waals surface area contributed by atoms with E-state index in [1.165, 1.54) is 30.7 Å². The number of aromatic nitrogens is 1. The normalized spacial score (nSPS) is 10.0. The largest absolute Gasteiger partial charge is 0.465 e. The third kappa shape index (κ3) is 3.10. The Morgan fingerprint density at radius 3 is 2.84 bits per heavy atom. The molecule has 0 atom stereocenters. The number of anilines is 2. The summed E-state index contributed by atoms with van der Waals surface area (Å²) in [5, 5.41) is 10.9. The van der Waals surface area contributed by atoms with E-state index >= 15 is 0 Å². The lowest BCUT2D eigenvalue weighted by atomic mass is 10.3. The predicted molar refractivity (Wildman–Crippen MR) is 69.5 cm³/mol. The Bertz CT molecular complexity index is 605. The molecule has 8 heteroatoms. The molecule has 0 saturated heterocycles. The topological polar surface area (TPSA) is 93.5 Å². The highest BCUT2D eigenvalue weighted by atomic mass is 32.1. The first-order chi connectivity index (χ1) is 9.10. The van der Waals surface area contributed by atoms with E-state index in [1.807, 2.05) is 0 Å². The minimum Gasteiger partial charge on any atom is -0.465 e. The zero-order valence-electron chi connectivity index (χ0n) is 10.2. The van der Waals surface area contributed by atoms with Gasteiger partial charge in [0.25, 0.3) is 0 Å². The van der Waals surface area contributed by atoms with Crippen LogP contribution in [-0.4, -0.2) is 24.3 Å². The summed E-state index contributed by atoms with van der Waals surface area (Å²) < 4.78 is 9.39. The van der Waals surface area contributed by atoms with Gasteiger partial charge in [-0.1, -0.05) is 5.16 Å². The number of hydrogen-bond donors (Lipinski definition) is 2. The van der Waals surface area contributed by atoms with Gasteiger partial charge < -0.3 is 14.6 Å². The van der Waals surface area contributed by atoms with Crippen LogP contribution in [0.3, 0.4) is 0 Å². The highest BCUT2D eigenvalue weighted by Crippen LogP contribution is 2.21. The van der Waals surface area contributed by atoms with Crippen LogP contribution in [0.4, 0.5) is 15.5 Å². The van der Waals surface area contributed by atoms with Crippen molar-refractivity contribution in [3.63, 3.8) is 0 Å². The highest BCUT2D eigenvalue weighted by molar-refractivity contribution is 7.14. The second-order valence-corrected chi connectivity index (χ2v) is 4.48. The Morgan fingerprint density at radius 1 is 1.42 bits per heavy atom. The number of urea groups is 1. The lowest BCUT2D eigenvalue weighted by molar-refractivity contribution is 0.0601. The van der Waals surface area contributed by atoms with Gasteiger partial charge in [0.05, 0.1) is 23.9 Å². The zero-order chi connectivity index (χ0) is 13.8. The Hall–Kier alpha value is -2.35. The summed E-state index contributed by atoms with van der Waals surface area (Å²) in [7, 11) is 1.30. The lowest BCUT2D eigenvalue weighted by Gasteiger charge is -2.03. The third-order valence-corrected chi connectivity index (χ3v) is 3.10. The number of nitrogens with one attached hydrogen (secondary N) is 2. The van der Waals surface area contributed by atoms with Crippen LogP contribution in [0.15, 0.2) is 22.2 Å². The van der Waals surface area contributed by atoms with Crippen LogP contribution in [0, 0.1) is 6.92 Å². The molecule has 7 nitrogen and oxygen atoms in total. The summed E-state index contributed by atoms with van der Waals surface area (Å²) in [6, 6.07) is 1.10. The fourth-order valence-electron chi connectivity index (χ4n) is 1.31. The summed E-state index contributed by atoms with van der Waals surface area (Å²) in [6.45, 7) is 1.68. The minimum atomic E-state index is -0.445. The highest BCUT2D eigenvalue weighted by Gasteiger charge is 2.12. The molecular weight excluding hydrogens is 270 g/mol. The van der Waals surface area contributed by atoms with Crippen LogP contribution in [-0.2, 0) is 4.74 Å². The van der Waals surface area contributed by atoms with Gasteiger partial charge in [-0.15, -0.1) is 11.3 Å². The van der Waals surface area contributed by atoms with Gasteiger partial charge in [0.1, 0.15) is 5.69 Å². The number of esters is 1. The molecular formula is C11H11N3O4S. The first-order valence-electron chi connectivity index (χ1n) is 5.26. The number of carbonyl (C=O) groups excluding carboxylic acids is 2. The Balaban J connectivity index is 1.97. The van der Waals surface area contributed by atoms with Crippen molar-refractivity contribution < 1.29 is 18.8 Å².